The lowest BCUT2D eigenvalue weighted by atomic mass is 10.0. The summed E-state index contributed by atoms with van der Waals surface area (Å²) >= 11 is 0. The predicted molar refractivity (Wildman–Crippen MR) is 110 cm³/mol. The minimum absolute atomic E-state index is 0.0758. The van der Waals surface area contributed by atoms with Gasteiger partial charge in [-0.25, -0.2) is 8.78 Å². The Morgan fingerprint density at radius 1 is 1.27 bits per heavy atom. The third-order valence-corrected chi connectivity index (χ3v) is 5.57. The summed E-state index contributed by atoms with van der Waals surface area (Å²) < 4.78 is 32.9. The Morgan fingerprint density at radius 2 is 2.07 bits per heavy atom. The van der Waals surface area contributed by atoms with Gasteiger partial charge in [-0.15, -0.1) is 0 Å². The molecule has 1 aromatic heterocycles. The molecular formula is C22H24F2N4O2. The summed E-state index contributed by atoms with van der Waals surface area (Å²) in [5.74, 6) is -2.09. The predicted octanol–water partition coefficient (Wildman–Crippen LogP) is 3.35. The van der Waals surface area contributed by atoms with E-state index < -0.39 is 11.6 Å². The summed E-state index contributed by atoms with van der Waals surface area (Å²) in [7, 11) is 1.69. The quantitative estimate of drug-likeness (QED) is 0.649. The van der Waals surface area contributed by atoms with Crippen LogP contribution < -0.4 is 5.32 Å². The lowest BCUT2D eigenvalue weighted by Gasteiger charge is -2.31. The van der Waals surface area contributed by atoms with Crippen LogP contribution in [0.2, 0.25) is 0 Å². The first kappa shape index (κ1) is 20.4. The van der Waals surface area contributed by atoms with Gasteiger partial charge in [0, 0.05) is 43.7 Å². The van der Waals surface area contributed by atoms with Crippen molar-refractivity contribution in [1.82, 2.24) is 20.4 Å². The monoisotopic (exact) mass is 414 g/mol. The molecule has 0 aliphatic carbocycles. The van der Waals surface area contributed by atoms with Gasteiger partial charge in [0.25, 0.3) is 5.91 Å². The molecule has 1 saturated heterocycles. The van der Waals surface area contributed by atoms with Crippen LogP contribution in [0.3, 0.4) is 0 Å². The van der Waals surface area contributed by atoms with E-state index in [0.717, 1.165) is 38.5 Å². The topological polar surface area (TPSA) is 70.2 Å². The number of carbonyl (C=O) groups excluding carboxylic acids is 1. The van der Waals surface area contributed by atoms with Crippen LogP contribution in [0.4, 0.5) is 8.78 Å². The number of nitrogens with zero attached hydrogens (tertiary/aromatic N) is 2. The van der Waals surface area contributed by atoms with Crippen molar-refractivity contribution in [1.29, 1.82) is 0 Å². The van der Waals surface area contributed by atoms with Crippen LogP contribution in [0, 0.1) is 11.6 Å². The van der Waals surface area contributed by atoms with E-state index in [-0.39, 0.29) is 23.2 Å². The number of nitrogens with one attached hydrogen (secondary N) is 2. The fraction of sp³-hybridized carbons (Fsp3) is 0.364. The number of rotatable bonds is 6. The van der Waals surface area contributed by atoms with Crippen LogP contribution in [-0.2, 0) is 4.74 Å². The van der Waals surface area contributed by atoms with Crippen molar-refractivity contribution < 1.29 is 18.3 Å². The third kappa shape index (κ3) is 4.20. The molecule has 4 rings (SSSR count). The Labute approximate surface area is 173 Å². The van der Waals surface area contributed by atoms with E-state index in [1.54, 1.807) is 25.3 Å². The van der Waals surface area contributed by atoms with Gasteiger partial charge in [0.2, 0.25) is 0 Å². The lowest BCUT2D eigenvalue weighted by molar-refractivity contribution is 0.0889. The van der Waals surface area contributed by atoms with E-state index in [4.69, 9.17) is 4.74 Å². The first-order valence-corrected chi connectivity index (χ1v) is 10.0. The Morgan fingerprint density at radius 3 is 2.83 bits per heavy atom. The molecule has 2 N–H and O–H groups in total. The smallest absolute Gasteiger partial charge is 0.272 e. The number of piperidine rings is 1. The summed E-state index contributed by atoms with van der Waals surface area (Å²) in [5.41, 5.74) is 1.55. The Kier molecular flexibility index (Phi) is 6.06. The van der Waals surface area contributed by atoms with Crippen molar-refractivity contribution in [3.8, 4) is 11.1 Å². The highest BCUT2D eigenvalue weighted by atomic mass is 19.2. The van der Waals surface area contributed by atoms with Gasteiger partial charge in [-0.1, -0.05) is 18.2 Å². The van der Waals surface area contributed by atoms with Crippen molar-refractivity contribution in [3.05, 3.63) is 53.7 Å². The van der Waals surface area contributed by atoms with E-state index in [1.807, 2.05) is 0 Å². The second-order valence-corrected chi connectivity index (χ2v) is 7.52. The molecule has 0 saturated carbocycles. The third-order valence-electron chi connectivity index (χ3n) is 5.57. The van der Waals surface area contributed by atoms with Crippen molar-refractivity contribution in [2.24, 2.45) is 0 Å². The zero-order valence-electron chi connectivity index (χ0n) is 16.8. The second kappa shape index (κ2) is 8.89. The average Bonchev–Trinajstić information content (AvgIpc) is 3.18. The lowest BCUT2D eigenvalue weighted by Crippen LogP contribution is -2.45. The molecule has 1 aliphatic rings. The molecule has 2 aromatic carbocycles. The van der Waals surface area contributed by atoms with Crippen LogP contribution >= 0.6 is 0 Å². The van der Waals surface area contributed by atoms with Gasteiger partial charge in [-0.2, -0.15) is 5.10 Å². The van der Waals surface area contributed by atoms with Crippen LogP contribution in [0.1, 0.15) is 23.3 Å². The molecule has 0 unspecified atom stereocenters. The van der Waals surface area contributed by atoms with Gasteiger partial charge in [0.05, 0.1) is 12.1 Å². The maximum absolute atomic E-state index is 14.2. The Hall–Kier alpha value is -2.84. The number of amides is 1. The zero-order valence-corrected chi connectivity index (χ0v) is 16.8. The van der Waals surface area contributed by atoms with Gasteiger partial charge in [-0.3, -0.25) is 9.89 Å². The molecule has 0 bridgehead atoms. The van der Waals surface area contributed by atoms with Crippen LogP contribution in [0.5, 0.6) is 0 Å². The summed E-state index contributed by atoms with van der Waals surface area (Å²) in [6.45, 7) is 3.39. The van der Waals surface area contributed by atoms with Crippen molar-refractivity contribution in [2.45, 2.75) is 18.9 Å². The molecule has 3 aromatic rings. The number of benzene rings is 2. The minimum atomic E-state index is -0.911. The molecule has 0 atom stereocenters. The van der Waals surface area contributed by atoms with Gasteiger partial charge in [0.15, 0.2) is 17.3 Å². The van der Waals surface area contributed by atoms with E-state index in [9.17, 15) is 13.6 Å². The number of hydrogen-bond donors (Lipinski definition) is 2. The maximum atomic E-state index is 14.2. The second-order valence-electron chi connectivity index (χ2n) is 7.52. The molecule has 1 amide bonds. The summed E-state index contributed by atoms with van der Waals surface area (Å²) in [6, 6.07) is 9.18. The summed E-state index contributed by atoms with van der Waals surface area (Å²) in [4.78, 5) is 15.2. The van der Waals surface area contributed by atoms with Crippen LogP contribution in [-0.4, -0.2) is 60.4 Å². The molecular weight excluding hydrogens is 390 g/mol. The highest BCUT2D eigenvalue weighted by Crippen LogP contribution is 2.28. The molecule has 8 heteroatoms. The zero-order chi connectivity index (χ0) is 21.1. The highest BCUT2D eigenvalue weighted by Gasteiger charge is 2.23. The van der Waals surface area contributed by atoms with E-state index in [0.29, 0.717) is 23.1 Å². The number of fused-ring (bicyclic) bond motifs is 1. The van der Waals surface area contributed by atoms with Crippen LogP contribution in [0.25, 0.3) is 22.0 Å². The van der Waals surface area contributed by atoms with Crippen LogP contribution in [0.15, 0.2) is 36.4 Å². The normalized spacial score (nSPS) is 15.6. The SMILES string of the molecule is COCCN1CCC(NC(=O)c2n[nH]c3ccc(-c4cccc(F)c4F)cc23)CC1. The highest BCUT2D eigenvalue weighted by molar-refractivity contribution is 6.05. The number of likely N-dealkylation sites (tertiary alicyclic amines) is 1. The van der Waals surface area contributed by atoms with E-state index in [2.05, 4.69) is 20.4 Å². The average molecular weight is 414 g/mol. The fourth-order valence-electron chi connectivity index (χ4n) is 3.86. The van der Waals surface area contributed by atoms with E-state index >= 15 is 0 Å². The van der Waals surface area contributed by atoms with Gasteiger partial charge < -0.3 is 15.0 Å². The number of methoxy groups -OCH3 is 1. The number of ether oxygens (including phenoxy) is 1. The maximum Gasteiger partial charge on any atom is 0.272 e. The minimum Gasteiger partial charge on any atom is -0.383 e. The standard InChI is InChI=1S/C22H24F2N4O2/c1-30-12-11-28-9-7-15(8-10-28)25-22(29)21-17-13-14(5-6-19(17)26-27-21)16-3-2-4-18(23)20(16)24/h2-6,13,15H,7-12H2,1H3,(H,25,29)(H,26,27). The molecule has 1 aliphatic heterocycles. The number of carbonyl (C=O) groups is 1. The number of aromatic nitrogens is 2. The first-order chi connectivity index (χ1) is 14.6. The molecule has 6 nitrogen and oxygen atoms in total. The summed E-state index contributed by atoms with van der Waals surface area (Å²) in [6.07, 6.45) is 1.72. The van der Waals surface area contributed by atoms with Crippen molar-refractivity contribution in [2.75, 3.05) is 33.4 Å². The largest absolute Gasteiger partial charge is 0.383 e. The van der Waals surface area contributed by atoms with Gasteiger partial charge in [0.1, 0.15) is 0 Å². The molecule has 1 fully saturated rings. The number of aromatic amines is 1. The molecule has 158 valence electrons. The Bertz CT molecular complexity index is 1040. The van der Waals surface area contributed by atoms with Gasteiger partial charge in [-0.05, 0) is 36.6 Å². The van der Waals surface area contributed by atoms with Crippen molar-refractivity contribution >= 4 is 16.8 Å². The van der Waals surface area contributed by atoms with E-state index in [1.165, 1.54) is 12.1 Å². The summed E-state index contributed by atoms with van der Waals surface area (Å²) in [5, 5.41) is 10.6. The molecule has 0 spiro atoms. The van der Waals surface area contributed by atoms with Crippen molar-refractivity contribution in [3.63, 3.8) is 0 Å². The number of hydrogen-bond acceptors (Lipinski definition) is 4. The first-order valence-electron chi connectivity index (χ1n) is 10.0. The van der Waals surface area contributed by atoms with Gasteiger partial charge >= 0.3 is 0 Å². The fourth-order valence-corrected chi connectivity index (χ4v) is 3.86. The molecule has 30 heavy (non-hydrogen) atoms. The number of halogens is 2. The molecule has 2 heterocycles. The Balaban J connectivity index is 1.50. The number of H-pyrrole nitrogens is 1. The molecule has 0 radical (unpaired) electrons.